The summed E-state index contributed by atoms with van der Waals surface area (Å²) < 4.78 is 0. The summed E-state index contributed by atoms with van der Waals surface area (Å²) in [5, 5.41) is 5.35. The molecule has 0 aromatic carbocycles. The highest BCUT2D eigenvalue weighted by Crippen LogP contribution is 2.39. The summed E-state index contributed by atoms with van der Waals surface area (Å²) in [6.07, 6.45) is 3.50. The van der Waals surface area contributed by atoms with Gasteiger partial charge in [0.15, 0.2) is 5.13 Å². The number of aromatic nitrogens is 1. The Labute approximate surface area is 110 Å². The number of nitrogens with one attached hydrogen (secondary N) is 1. The molecule has 1 saturated carbocycles. The molecule has 0 atom stereocenters. The molecule has 1 aromatic heterocycles. The van der Waals surface area contributed by atoms with Crippen LogP contribution >= 0.6 is 23.6 Å². The van der Waals surface area contributed by atoms with Gasteiger partial charge >= 0.3 is 0 Å². The van der Waals surface area contributed by atoms with Crippen LogP contribution in [0.4, 0.5) is 5.13 Å². The summed E-state index contributed by atoms with van der Waals surface area (Å²) in [4.78, 5) is 16.8. The predicted molar refractivity (Wildman–Crippen MR) is 73.2 cm³/mol. The topological polar surface area (TPSA) is 68.0 Å². The van der Waals surface area contributed by atoms with E-state index in [1.165, 1.54) is 11.3 Å². The van der Waals surface area contributed by atoms with E-state index in [9.17, 15) is 4.79 Å². The normalized spacial score (nSPS) is 17.9. The lowest BCUT2D eigenvalue weighted by atomic mass is 9.85. The first kappa shape index (κ1) is 12.4. The average Bonchev–Trinajstić information content (AvgIpc) is 2.87. The molecule has 1 amide bonds. The van der Waals surface area contributed by atoms with Gasteiger partial charge in [-0.15, -0.1) is 11.3 Å². The molecule has 1 heterocycles. The molecule has 6 heteroatoms. The largest absolute Gasteiger partial charge is 0.392 e. The summed E-state index contributed by atoms with van der Waals surface area (Å²) in [6.45, 7) is 1.89. The molecule has 1 aliphatic rings. The van der Waals surface area contributed by atoms with Crippen LogP contribution in [0.15, 0.2) is 5.38 Å². The molecule has 1 aliphatic carbocycles. The zero-order chi connectivity index (χ0) is 12.5. The Morgan fingerprint density at radius 3 is 2.71 bits per heavy atom. The van der Waals surface area contributed by atoms with Crippen molar-refractivity contribution in [2.45, 2.75) is 32.6 Å². The van der Waals surface area contributed by atoms with Crippen molar-refractivity contribution in [1.82, 2.24) is 4.98 Å². The number of rotatable bonds is 3. The molecule has 0 spiro atoms. The van der Waals surface area contributed by atoms with Crippen LogP contribution in [0.2, 0.25) is 0 Å². The van der Waals surface area contributed by atoms with Gasteiger partial charge in [-0.25, -0.2) is 4.98 Å². The quantitative estimate of drug-likeness (QED) is 0.826. The summed E-state index contributed by atoms with van der Waals surface area (Å²) in [6, 6.07) is 0. The summed E-state index contributed by atoms with van der Waals surface area (Å²) in [5.41, 5.74) is 5.99. The number of thiazole rings is 1. The lowest BCUT2D eigenvalue weighted by Gasteiger charge is -2.25. The maximum Gasteiger partial charge on any atom is 0.239 e. The van der Waals surface area contributed by atoms with Crippen molar-refractivity contribution in [2.24, 2.45) is 11.1 Å². The number of anilines is 1. The third kappa shape index (κ3) is 2.32. The molecular weight excluding hydrogens is 254 g/mol. The molecule has 0 radical (unpaired) electrons. The minimum atomic E-state index is -0.658. The van der Waals surface area contributed by atoms with Crippen LogP contribution in [0.5, 0.6) is 0 Å². The fourth-order valence-electron chi connectivity index (χ4n) is 2.19. The highest BCUT2D eigenvalue weighted by molar-refractivity contribution is 7.80. The molecule has 0 bridgehead atoms. The van der Waals surface area contributed by atoms with E-state index < -0.39 is 5.41 Å². The van der Waals surface area contributed by atoms with Crippen molar-refractivity contribution < 1.29 is 4.79 Å². The van der Waals surface area contributed by atoms with E-state index in [0.29, 0.717) is 10.1 Å². The summed E-state index contributed by atoms with van der Waals surface area (Å²) in [7, 11) is 0. The second kappa shape index (κ2) is 4.70. The second-order valence-corrected chi connectivity index (χ2v) is 5.70. The van der Waals surface area contributed by atoms with E-state index in [1.54, 1.807) is 0 Å². The average molecular weight is 269 g/mol. The zero-order valence-electron chi connectivity index (χ0n) is 9.66. The van der Waals surface area contributed by atoms with Crippen LogP contribution in [0.1, 0.15) is 31.4 Å². The summed E-state index contributed by atoms with van der Waals surface area (Å²) >= 11 is 6.49. The van der Waals surface area contributed by atoms with Gasteiger partial charge in [0.05, 0.1) is 16.1 Å². The lowest BCUT2D eigenvalue weighted by Crippen LogP contribution is -2.43. The molecule has 1 fully saturated rings. The minimum absolute atomic E-state index is 0.100. The first-order valence-corrected chi connectivity index (χ1v) is 6.87. The monoisotopic (exact) mass is 269 g/mol. The van der Waals surface area contributed by atoms with Crippen molar-refractivity contribution in [3.8, 4) is 0 Å². The number of hydrogen-bond acceptors (Lipinski definition) is 4. The third-order valence-electron chi connectivity index (χ3n) is 3.20. The molecule has 0 aliphatic heterocycles. The minimum Gasteiger partial charge on any atom is -0.392 e. The number of carbonyl (C=O) groups excluding carboxylic acids is 1. The van der Waals surface area contributed by atoms with Crippen molar-refractivity contribution >= 4 is 39.6 Å². The summed E-state index contributed by atoms with van der Waals surface area (Å²) in [5.74, 6) is -0.100. The fourth-order valence-corrected chi connectivity index (χ4v) is 3.17. The molecule has 92 valence electrons. The van der Waals surface area contributed by atoms with E-state index >= 15 is 0 Å². The molecule has 0 saturated heterocycles. The first-order chi connectivity index (χ1) is 8.04. The number of nitrogens with zero attached hydrogens (tertiary/aromatic N) is 1. The Morgan fingerprint density at radius 1 is 1.59 bits per heavy atom. The number of thiocarbonyl (C=S) groups is 1. The molecule has 17 heavy (non-hydrogen) atoms. The zero-order valence-corrected chi connectivity index (χ0v) is 11.3. The van der Waals surface area contributed by atoms with Gasteiger partial charge in [0, 0.05) is 5.38 Å². The van der Waals surface area contributed by atoms with Crippen LogP contribution in [0.25, 0.3) is 0 Å². The van der Waals surface area contributed by atoms with Crippen LogP contribution in [-0.2, 0) is 4.79 Å². The number of aryl methyl sites for hydroxylation is 1. The van der Waals surface area contributed by atoms with Crippen molar-refractivity contribution in [1.29, 1.82) is 0 Å². The Morgan fingerprint density at radius 2 is 2.24 bits per heavy atom. The van der Waals surface area contributed by atoms with Crippen molar-refractivity contribution in [3.63, 3.8) is 0 Å². The van der Waals surface area contributed by atoms with Gasteiger partial charge in [0.1, 0.15) is 0 Å². The lowest BCUT2D eigenvalue weighted by molar-refractivity contribution is -0.122. The van der Waals surface area contributed by atoms with Crippen molar-refractivity contribution in [2.75, 3.05) is 5.32 Å². The Bertz CT molecular complexity index is 449. The van der Waals surface area contributed by atoms with E-state index in [2.05, 4.69) is 10.3 Å². The van der Waals surface area contributed by atoms with Crippen LogP contribution in [0, 0.1) is 12.3 Å². The van der Waals surface area contributed by atoms with Crippen LogP contribution in [-0.4, -0.2) is 15.9 Å². The van der Waals surface area contributed by atoms with Gasteiger partial charge < -0.3 is 11.1 Å². The predicted octanol–water partition coefficient (Wildman–Crippen LogP) is 2.24. The van der Waals surface area contributed by atoms with E-state index in [1.807, 2.05) is 12.3 Å². The van der Waals surface area contributed by atoms with Gasteiger partial charge in [0.25, 0.3) is 0 Å². The highest BCUT2D eigenvalue weighted by Gasteiger charge is 2.44. The molecule has 1 aromatic rings. The van der Waals surface area contributed by atoms with Gasteiger partial charge in [0.2, 0.25) is 5.91 Å². The number of carbonyl (C=O) groups is 1. The number of nitrogens with two attached hydrogens (primary N) is 1. The smallest absolute Gasteiger partial charge is 0.239 e. The van der Waals surface area contributed by atoms with Crippen LogP contribution < -0.4 is 11.1 Å². The number of amides is 1. The maximum atomic E-state index is 12.3. The molecule has 3 N–H and O–H groups in total. The van der Waals surface area contributed by atoms with E-state index in [4.69, 9.17) is 18.0 Å². The van der Waals surface area contributed by atoms with Gasteiger partial charge in [-0.1, -0.05) is 25.1 Å². The SMILES string of the molecule is Cc1csc(NC(=O)C2(C(N)=S)CCCC2)n1. The molecule has 2 rings (SSSR count). The Balaban J connectivity index is 2.15. The molecule has 0 unspecified atom stereocenters. The Hall–Kier alpha value is -1.01. The van der Waals surface area contributed by atoms with Crippen LogP contribution in [0.3, 0.4) is 0 Å². The Kier molecular flexibility index (Phi) is 3.44. The van der Waals surface area contributed by atoms with Gasteiger partial charge in [-0.3, -0.25) is 4.79 Å². The fraction of sp³-hybridized carbons (Fsp3) is 0.545. The number of hydrogen-bond donors (Lipinski definition) is 2. The standard InChI is InChI=1S/C11H15N3OS2/c1-7-6-17-10(13-7)14-9(15)11(8(12)16)4-2-3-5-11/h6H,2-5H2,1H3,(H2,12,16)(H,13,14,15). The maximum absolute atomic E-state index is 12.3. The first-order valence-electron chi connectivity index (χ1n) is 5.58. The van der Waals surface area contributed by atoms with E-state index in [0.717, 1.165) is 31.4 Å². The van der Waals surface area contributed by atoms with Crippen molar-refractivity contribution in [3.05, 3.63) is 11.1 Å². The highest BCUT2D eigenvalue weighted by atomic mass is 32.1. The van der Waals surface area contributed by atoms with E-state index in [-0.39, 0.29) is 5.91 Å². The van der Waals surface area contributed by atoms with Gasteiger partial charge in [-0.05, 0) is 19.8 Å². The molecule has 4 nitrogen and oxygen atoms in total. The van der Waals surface area contributed by atoms with Gasteiger partial charge in [-0.2, -0.15) is 0 Å². The third-order valence-corrected chi connectivity index (χ3v) is 4.47. The second-order valence-electron chi connectivity index (χ2n) is 4.40. The molecular formula is C11H15N3OS2.